The van der Waals surface area contributed by atoms with Crippen molar-refractivity contribution in [3.8, 4) is 6.07 Å². The molecule has 3 saturated heterocycles. The van der Waals surface area contributed by atoms with Crippen LogP contribution in [-0.2, 0) is 12.7 Å². The molecule has 0 aromatic carbocycles. The highest BCUT2D eigenvalue weighted by Crippen LogP contribution is 2.35. The molecule has 134 valence electrons. The highest BCUT2D eigenvalue weighted by atomic mass is 19.4. The molecule has 3 aliphatic heterocycles. The van der Waals surface area contributed by atoms with Crippen LogP contribution in [0.4, 0.5) is 19.1 Å². The van der Waals surface area contributed by atoms with Gasteiger partial charge in [0.2, 0.25) is 5.95 Å². The maximum absolute atomic E-state index is 12.6. The standard InChI is InChI=1S/C17H15F3N6/c18-17(19,20)15-2-1-11(7-23-15)8-25-9-13-5-14(10-25)26(13)16-22-4-3-12(6-21)24-16/h1-4,7,13-14H,5,8-10H2. The predicted molar refractivity (Wildman–Crippen MR) is 85.9 cm³/mol. The lowest BCUT2D eigenvalue weighted by molar-refractivity contribution is -0.141. The molecule has 3 fully saturated rings. The Labute approximate surface area is 147 Å². The Hall–Kier alpha value is -2.73. The minimum atomic E-state index is -4.41. The fraction of sp³-hybridized carbons (Fsp3) is 0.412. The van der Waals surface area contributed by atoms with Gasteiger partial charge in [-0.3, -0.25) is 9.88 Å². The molecule has 0 N–H and O–H groups in total. The van der Waals surface area contributed by atoms with Gasteiger partial charge < -0.3 is 4.90 Å². The highest BCUT2D eigenvalue weighted by Gasteiger charge is 2.45. The van der Waals surface area contributed by atoms with E-state index in [1.165, 1.54) is 12.3 Å². The van der Waals surface area contributed by atoms with Gasteiger partial charge in [0.25, 0.3) is 0 Å². The first-order valence-electron chi connectivity index (χ1n) is 8.20. The first kappa shape index (κ1) is 16.7. The van der Waals surface area contributed by atoms with Crippen LogP contribution < -0.4 is 4.90 Å². The second-order valence-corrected chi connectivity index (χ2v) is 6.55. The molecule has 0 aliphatic carbocycles. The first-order valence-corrected chi connectivity index (χ1v) is 8.20. The van der Waals surface area contributed by atoms with Crippen molar-refractivity contribution in [3.63, 3.8) is 0 Å². The third-order valence-electron chi connectivity index (χ3n) is 4.78. The molecule has 9 heteroatoms. The molecular formula is C17H15F3N6. The molecule has 0 saturated carbocycles. The molecule has 2 unspecified atom stereocenters. The molecule has 2 bridgehead atoms. The highest BCUT2D eigenvalue weighted by molar-refractivity contribution is 5.42. The molecule has 5 rings (SSSR count). The zero-order valence-electron chi connectivity index (χ0n) is 13.7. The SMILES string of the molecule is N#Cc1ccnc(N2C3CC2CN(Cc2ccc(C(F)(F)F)nc2)C3)n1. The van der Waals surface area contributed by atoms with E-state index < -0.39 is 11.9 Å². The van der Waals surface area contributed by atoms with E-state index in [-0.39, 0.29) is 12.1 Å². The predicted octanol–water partition coefficient (Wildman–Crippen LogP) is 2.23. The van der Waals surface area contributed by atoms with Crippen molar-refractivity contribution in [2.45, 2.75) is 31.2 Å². The summed E-state index contributed by atoms with van der Waals surface area (Å²) in [7, 11) is 0. The molecule has 5 heterocycles. The molecule has 3 aliphatic rings. The Bertz CT molecular complexity index is 833. The Morgan fingerprint density at radius 1 is 1.15 bits per heavy atom. The zero-order chi connectivity index (χ0) is 18.3. The van der Waals surface area contributed by atoms with Crippen LogP contribution in [0.15, 0.2) is 30.6 Å². The minimum Gasteiger partial charge on any atom is -0.332 e. The molecule has 26 heavy (non-hydrogen) atoms. The van der Waals surface area contributed by atoms with E-state index in [0.29, 0.717) is 18.2 Å². The molecule has 2 aromatic heterocycles. The van der Waals surface area contributed by atoms with Crippen LogP contribution in [0.3, 0.4) is 0 Å². The van der Waals surface area contributed by atoms with Crippen molar-refractivity contribution >= 4 is 5.95 Å². The number of piperidine rings is 1. The van der Waals surface area contributed by atoms with Gasteiger partial charge in [-0.1, -0.05) is 6.07 Å². The summed E-state index contributed by atoms with van der Waals surface area (Å²) >= 11 is 0. The van der Waals surface area contributed by atoms with Crippen LogP contribution in [0, 0.1) is 11.3 Å². The number of hydrogen-bond acceptors (Lipinski definition) is 6. The van der Waals surface area contributed by atoms with Gasteiger partial charge in [0.05, 0.1) is 0 Å². The van der Waals surface area contributed by atoms with Gasteiger partial charge in [0, 0.05) is 44.1 Å². The zero-order valence-corrected chi connectivity index (χ0v) is 13.7. The Balaban J connectivity index is 1.40. The van der Waals surface area contributed by atoms with E-state index >= 15 is 0 Å². The largest absolute Gasteiger partial charge is 0.433 e. The van der Waals surface area contributed by atoms with Crippen LogP contribution in [0.2, 0.25) is 0 Å². The number of piperazine rings is 1. The van der Waals surface area contributed by atoms with Gasteiger partial charge in [-0.2, -0.15) is 18.4 Å². The van der Waals surface area contributed by atoms with Crippen molar-refractivity contribution in [2.75, 3.05) is 18.0 Å². The van der Waals surface area contributed by atoms with Crippen LogP contribution >= 0.6 is 0 Å². The summed E-state index contributed by atoms with van der Waals surface area (Å²) in [5, 5.41) is 8.97. The maximum atomic E-state index is 12.6. The number of halogens is 3. The summed E-state index contributed by atoms with van der Waals surface area (Å²) in [6, 6.07) is 6.60. The number of pyridine rings is 1. The van der Waals surface area contributed by atoms with Gasteiger partial charge in [-0.25, -0.2) is 9.97 Å². The monoisotopic (exact) mass is 360 g/mol. The van der Waals surface area contributed by atoms with Crippen molar-refractivity contribution < 1.29 is 13.2 Å². The summed E-state index contributed by atoms with van der Waals surface area (Å²) in [5.41, 5.74) is 0.227. The van der Waals surface area contributed by atoms with Gasteiger partial charge in [0.15, 0.2) is 0 Å². The van der Waals surface area contributed by atoms with Gasteiger partial charge >= 0.3 is 6.18 Å². The summed E-state index contributed by atoms with van der Waals surface area (Å²) in [5.74, 6) is 0.571. The average molecular weight is 360 g/mol. The molecule has 0 amide bonds. The van der Waals surface area contributed by atoms with Gasteiger partial charge in [-0.05, 0) is 24.1 Å². The summed E-state index contributed by atoms with van der Waals surface area (Å²) < 4.78 is 37.7. The second-order valence-electron chi connectivity index (χ2n) is 6.55. The topological polar surface area (TPSA) is 68.9 Å². The number of anilines is 1. The number of aromatic nitrogens is 3. The second kappa shape index (κ2) is 6.21. The van der Waals surface area contributed by atoms with Crippen molar-refractivity contribution in [1.82, 2.24) is 19.9 Å². The number of hydrogen-bond donors (Lipinski definition) is 0. The third kappa shape index (κ3) is 3.08. The first-order chi connectivity index (χ1) is 12.4. The van der Waals surface area contributed by atoms with Crippen molar-refractivity contribution in [1.29, 1.82) is 5.26 Å². The molecule has 2 aromatic rings. The molecule has 6 nitrogen and oxygen atoms in total. The molecular weight excluding hydrogens is 345 g/mol. The minimum absolute atomic E-state index is 0.255. The van der Waals surface area contributed by atoms with Gasteiger partial charge in [-0.15, -0.1) is 0 Å². The van der Waals surface area contributed by atoms with E-state index in [2.05, 4.69) is 24.8 Å². The van der Waals surface area contributed by atoms with E-state index in [1.54, 1.807) is 12.3 Å². The van der Waals surface area contributed by atoms with E-state index in [9.17, 15) is 13.2 Å². The maximum Gasteiger partial charge on any atom is 0.433 e. The van der Waals surface area contributed by atoms with E-state index in [4.69, 9.17) is 5.26 Å². The number of nitrogens with zero attached hydrogens (tertiary/aromatic N) is 6. The Morgan fingerprint density at radius 2 is 1.92 bits per heavy atom. The van der Waals surface area contributed by atoms with Crippen LogP contribution in [-0.4, -0.2) is 45.0 Å². The summed E-state index contributed by atoms with van der Waals surface area (Å²) in [4.78, 5) is 16.4. The number of nitriles is 1. The van der Waals surface area contributed by atoms with E-state index in [1.807, 2.05) is 6.07 Å². The smallest absolute Gasteiger partial charge is 0.332 e. The van der Waals surface area contributed by atoms with Crippen LogP contribution in [0.1, 0.15) is 23.4 Å². The van der Waals surface area contributed by atoms with Crippen LogP contribution in [0.25, 0.3) is 0 Å². The lowest BCUT2D eigenvalue weighted by atomic mass is 9.87. The average Bonchev–Trinajstić information content (AvgIpc) is 2.61. The number of rotatable bonds is 3. The lowest BCUT2D eigenvalue weighted by Crippen LogP contribution is -2.69. The fourth-order valence-electron chi connectivity index (χ4n) is 3.63. The number of alkyl halides is 3. The summed E-state index contributed by atoms with van der Waals surface area (Å²) in [6.45, 7) is 2.11. The van der Waals surface area contributed by atoms with Crippen LogP contribution in [0.5, 0.6) is 0 Å². The molecule has 0 spiro atoms. The molecule has 2 atom stereocenters. The lowest BCUT2D eigenvalue weighted by Gasteiger charge is -2.56. The molecule has 0 radical (unpaired) electrons. The van der Waals surface area contributed by atoms with Crippen molar-refractivity contribution in [3.05, 3.63) is 47.5 Å². The van der Waals surface area contributed by atoms with Crippen molar-refractivity contribution in [2.24, 2.45) is 0 Å². The Kier molecular flexibility index (Phi) is 4.00. The number of fused-ring (bicyclic) bond motifs is 2. The quantitative estimate of drug-likeness (QED) is 0.836. The normalized spacial score (nSPS) is 22.6. The third-order valence-corrected chi connectivity index (χ3v) is 4.78. The summed E-state index contributed by atoms with van der Waals surface area (Å²) in [6.07, 6.45) is -0.507. The Morgan fingerprint density at radius 3 is 2.54 bits per heavy atom. The fourth-order valence-corrected chi connectivity index (χ4v) is 3.63. The van der Waals surface area contributed by atoms with E-state index in [0.717, 1.165) is 31.1 Å². The van der Waals surface area contributed by atoms with Gasteiger partial charge in [0.1, 0.15) is 17.5 Å².